The Morgan fingerprint density at radius 3 is 2.44 bits per heavy atom. The van der Waals surface area contributed by atoms with E-state index in [4.69, 9.17) is 0 Å². The number of benzene rings is 1. The quantitative estimate of drug-likeness (QED) is 0.732. The molecule has 1 unspecified atom stereocenters. The Morgan fingerprint density at radius 1 is 1.25 bits per heavy atom. The van der Waals surface area contributed by atoms with Crippen LogP contribution in [0.4, 0.5) is 0 Å². The average molecular weight is 223 g/mol. The summed E-state index contributed by atoms with van der Waals surface area (Å²) in [4.78, 5) is 0. The van der Waals surface area contributed by atoms with Crippen molar-refractivity contribution in [3.05, 3.63) is 28.8 Å². The lowest BCUT2D eigenvalue weighted by molar-refractivity contribution is 0.187. The van der Waals surface area contributed by atoms with Crippen molar-refractivity contribution >= 4 is 0 Å². The van der Waals surface area contributed by atoms with Gasteiger partial charge in [-0.1, -0.05) is 12.1 Å². The van der Waals surface area contributed by atoms with Crippen LogP contribution in [-0.4, -0.2) is 22.9 Å². The van der Waals surface area contributed by atoms with Crippen LogP contribution in [0.1, 0.15) is 36.6 Å². The summed E-state index contributed by atoms with van der Waals surface area (Å²) in [5, 5.41) is 22.4. The highest BCUT2D eigenvalue weighted by Crippen LogP contribution is 2.29. The summed E-state index contributed by atoms with van der Waals surface area (Å²) in [5.41, 5.74) is 2.89. The average Bonchev–Trinajstić information content (AvgIpc) is 2.23. The molecule has 0 aliphatic heterocycles. The second kappa shape index (κ2) is 5.32. The number of aliphatic hydroxyl groups is 1. The van der Waals surface area contributed by atoms with Crippen LogP contribution in [0.3, 0.4) is 0 Å². The van der Waals surface area contributed by atoms with Crippen LogP contribution < -0.4 is 5.32 Å². The van der Waals surface area contributed by atoms with Crippen molar-refractivity contribution in [3.63, 3.8) is 0 Å². The lowest BCUT2D eigenvalue weighted by Gasteiger charge is -2.18. The molecule has 0 spiro atoms. The third-order valence-corrected chi connectivity index (χ3v) is 2.92. The molecule has 0 bridgehead atoms. The number of aromatic hydroxyl groups is 1. The fraction of sp³-hybridized carbons (Fsp3) is 0.538. The summed E-state index contributed by atoms with van der Waals surface area (Å²) < 4.78 is 0. The van der Waals surface area contributed by atoms with E-state index in [1.54, 1.807) is 6.92 Å². The number of rotatable bonds is 4. The number of hydrogen-bond donors (Lipinski definition) is 3. The van der Waals surface area contributed by atoms with Crippen molar-refractivity contribution in [2.75, 3.05) is 6.54 Å². The molecule has 1 rings (SSSR count). The molecule has 0 aliphatic carbocycles. The normalized spacial score (nSPS) is 14.8. The molecule has 1 aromatic rings. The van der Waals surface area contributed by atoms with Crippen LogP contribution >= 0.6 is 0 Å². The van der Waals surface area contributed by atoms with Gasteiger partial charge in [0, 0.05) is 18.2 Å². The van der Waals surface area contributed by atoms with Gasteiger partial charge in [-0.05, 0) is 38.8 Å². The molecule has 1 aromatic carbocycles. The van der Waals surface area contributed by atoms with Gasteiger partial charge < -0.3 is 15.5 Å². The van der Waals surface area contributed by atoms with E-state index >= 15 is 0 Å². The molecule has 0 radical (unpaired) electrons. The first-order valence-corrected chi connectivity index (χ1v) is 5.64. The number of aliphatic hydroxyl groups excluding tert-OH is 1. The molecular formula is C13H21NO2. The van der Waals surface area contributed by atoms with Gasteiger partial charge >= 0.3 is 0 Å². The van der Waals surface area contributed by atoms with Crippen LogP contribution in [0.5, 0.6) is 5.75 Å². The Bertz CT molecular complexity index is 361. The maximum Gasteiger partial charge on any atom is 0.123 e. The maximum absolute atomic E-state index is 10.0. The molecule has 16 heavy (non-hydrogen) atoms. The molecule has 2 atom stereocenters. The molecule has 0 fully saturated rings. The van der Waals surface area contributed by atoms with Gasteiger partial charge in [0.15, 0.2) is 0 Å². The number of aryl methyl sites for hydroxylation is 1. The van der Waals surface area contributed by atoms with E-state index in [0.29, 0.717) is 12.3 Å². The fourth-order valence-electron chi connectivity index (χ4n) is 1.63. The van der Waals surface area contributed by atoms with E-state index in [2.05, 4.69) is 5.32 Å². The first kappa shape index (κ1) is 13.0. The zero-order valence-corrected chi connectivity index (χ0v) is 10.4. The van der Waals surface area contributed by atoms with Crippen molar-refractivity contribution in [1.82, 2.24) is 5.32 Å². The molecule has 0 saturated carbocycles. The minimum absolute atomic E-state index is 0.0360. The Kier molecular flexibility index (Phi) is 4.33. The minimum Gasteiger partial charge on any atom is -0.507 e. The van der Waals surface area contributed by atoms with Gasteiger partial charge in [0.05, 0.1) is 6.10 Å². The Labute approximate surface area is 97.1 Å². The summed E-state index contributed by atoms with van der Waals surface area (Å²) in [5.74, 6) is 0.352. The first-order valence-electron chi connectivity index (χ1n) is 5.64. The molecular weight excluding hydrogens is 202 g/mol. The SMILES string of the molecule is Cc1ccc(C(C)NC[C@H](C)O)c(O)c1C. The third-order valence-electron chi connectivity index (χ3n) is 2.92. The Balaban J connectivity index is 2.84. The van der Waals surface area contributed by atoms with E-state index in [9.17, 15) is 10.2 Å². The smallest absolute Gasteiger partial charge is 0.123 e. The highest BCUT2D eigenvalue weighted by atomic mass is 16.3. The number of hydrogen-bond acceptors (Lipinski definition) is 3. The second-order valence-corrected chi connectivity index (χ2v) is 4.42. The number of nitrogens with one attached hydrogen (secondary N) is 1. The van der Waals surface area contributed by atoms with E-state index in [1.165, 1.54) is 0 Å². The van der Waals surface area contributed by atoms with Gasteiger partial charge in [-0.15, -0.1) is 0 Å². The third kappa shape index (κ3) is 2.97. The van der Waals surface area contributed by atoms with Crippen molar-refractivity contribution in [2.45, 2.75) is 39.8 Å². The largest absolute Gasteiger partial charge is 0.507 e. The summed E-state index contributed by atoms with van der Waals surface area (Å²) in [6, 6.07) is 3.97. The maximum atomic E-state index is 10.0. The first-order chi connectivity index (χ1) is 7.43. The molecule has 0 saturated heterocycles. The van der Waals surface area contributed by atoms with Gasteiger partial charge in [0.1, 0.15) is 5.75 Å². The van der Waals surface area contributed by atoms with Crippen molar-refractivity contribution in [2.24, 2.45) is 0 Å². The summed E-state index contributed by atoms with van der Waals surface area (Å²) in [6.45, 7) is 8.13. The van der Waals surface area contributed by atoms with Gasteiger partial charge in [0.25, 0.3) is 0 Å². The highest BCUT2D eigenvalue weighted by molar-refractivity contribution is 5.45. The van der Waals surface area contributed by atoms with Crippen LogP contribution in [0.2, 0.25) is 0 Å². The molecule has 3 nitrogen and oxygen atoms in total. The lowest BCUT2D eigenvalue weighted by Crippen LogP contribution is -2.27. The molecule has 90 valence electrons. The van der Waals surface area contributed by atoms with Crippen molar-refractivity contribution in [3.8, 4) is 5.75 Å². The van der Waals surface area contributed by atoms with Gasteiger partial charge in [-0.2, -0.15) is 0 Å². The predicted octanol–water partition coefficient (Wildman–Crippen LogP) is 2.04. The van der Waals surface area contributed by atoms with E-state index in [1.807, 2.05) is 32.9 Å². The van der Waals surface area contributed by atoms with E-state index in [0.717, 1.165) is 16.7 Å². The van der Waals surface area contributed by atoms with Gasteiger partial charge in [-0.3, -0.25) is 0 Å². The summed E-state index contributed by atoms with van der Waals surface area (Å²) in [7, 11) is 0. The Hall–Kier alpha value is -1.06. The van der Waals surface area contributed by atoms with Crippen molar-refractivity contribution < 1.29 is 10.2 Å². The van der Waals surface area contributed by atoms with Crippen LogP contribution in [0, 0.1) is 13.8 Å². The fourth-order valence-corrected chi connectivity index (χ4v) is 1.63. The summed E-state index contributed by atoms with van der Waals surface area (Å²) in [6.07, 6.45) is -0.379. The van der Waals surface area contributed by atoms with E-state index < -0.39 is 0 Å². The molecule has 3 N–H and O–H groups in total. The zero-order chi connectivity index (χ0) is 12.3. The molecule has 0 heterocycles. The summed E-state index contributed by atoms with van der Waals surface area (Å²) >= 11 is 0. The second-order valence-electron chi connectivity index (χ2n) is 4.42. The van der Waals surface area contributed by atoms with Crippen LogP contribution in [-0.2, 0) is 0 Å². The van der Waals surface area contributed by atoms with Gasteiger partial charge in [0.2, 0.25) is 0 Å². The van der Waals surface area contributed by atoms with Gasteiger partial charge in [-0.25, -0.2) is 0 Å². The molecule has 0 aliphatic rings. The number of phenols is 1. The number of phenolic OH excluding ortho intramolecular Hbond substituents is 1. The zero-order valence-electron chi connectivity index (χ0n) is 10.4. The van der Waals surface area contributed by atoms with E-state index in [-0.39, 0.29) is 12.1 Å². The predicted molar refractivity (Wildman–Crippen MR) is 65.7 cm³/mol. The van der Waals surface area contributed by atoms with Crippen molar-refractivity contribution in [1.29, 1.82) is 0 Å². The monoisotopic (exact) mass is 223 g/mol. The van der Waals surface area contributed by atoms with Crippen LogP contribution in [0.15, 0.2) is 12.1 Å². The molecule has 0 amide bonds. The molecule has 0 aromatic heterocycles. The Morgan fingerprint density at radius 2 is 1.88 bits per heavy atom. The highest BCUT2D eigenvalue weighted by Gasteiger charge is 2.13. The topological polar surface area (TPSA) is 52.5 Å². The lowest BCUT2D eigenvalue weighted by atomic mass is 10.00. The molecule has 3 heteroatoms. The minimum atomic E-state index is -0.379. The van der Waals surface area contributed by atoms with Crippen LogP contribution in [0.25, 0.3) is 0 Å². The standard InChI is InChI=1S/C13H21NO2/c1-8-5-6-12(13(16)10(8)3)11(4)14-7-9(2)15/h5-6,9,11,14-16H,7H2,1-4H3/t9-,11?/m0/s1.